The normalized spacial score (nSPS) is 19.0. The van der Waals surface area contributed by atoms with Crippen LogP contribution in [0.4, 0.5) is 22.7 Å². The SMILES string of the molecule is C=C(c1ccc2c(c1N)CCC2)C1CCCC1.C[C@@H](c1ccc2c(c1CC(=O)CS(=O)(=O)c1cc(C(C)(C)O)co1)CCC2)C1CCCC1.C[C@@H](c1ccc2c(c1N)CCC2)C1CCCC1.Nc1c(C(=O)C2CCCC2)ccc2c1CCC2.Nc1cccc2c1CCC2. The number of fused-ring (bicyclic) bond motifs is 5. The van der Waals surface area contributed by atoms with E-state index in [4.69, 9.17) is 27.4 Å². The van der Waals surface area contributed by atoms with Crippen LogP contribution in [0.3, 0.4) is 0 Å². The molecule has 498 valence electrons. The third-order valence-corrected chi connectivity index (χ3v) is 24.9. The van der Waals surface area contributed by atoms with Crippen molar-refractivity contribution in [3.63, 3.8) is 0 Å². The van der Waals surface area contributed by atoms with Gasteiger partial charge in [-0.1, -0.05) is 126 Å². The Morgan fingerprint density at radius 2 is 0.957 bits per heavy atom. The fourth-order valence-electron chi connectivity index (χ4n) is 17.7. The molecule has 93 heavy (non-hydrogen) atoms. The maximum Gasteiger partial charge on any atom is 0.218 e. The van der Waals surface area contributed by atoms with Gasteiger partial charge in [0.1, 0.15) is 5.75 Å². The molecule has 11 heteroatoms. The van der Waals surface area contributed by atoms with Gasteiger partial charge in [-0.3, -0.25) is 9.59 Å². The third-order valence-electron chi connectivity index (χ3n) is 23.3. The average molecular weight is 1280 g/mol. The molecule has 9 aliphatic rings. The molecular weight excluding hydrogens is 1170 g/mol. The van der Waals surface area contributed by atoms with Crippen LogP contribution in [0, 0.1) is 23.7 Å². The fourth-order valence-corrected chi connectivity index (χ4v) is 18.9. The molecule has 0 amide bonds. The van der Waals surface area contributed by atoms with E-state index in [-0.39, 0.29) is 29.0 Å². The number of allylic oxidation sites excluding steroid dienone is 1. The Bertz CT molecular complexity index is 3680. The Hall–Kier alpha value is -6.43. The molecule has 4 saturated carbocycles. The molecule has 0 aliphatic heterocycles. The van der Waals surface area contributed by atoms with Gasteiger partial charge >= 0.3 is 0 Å². The molecule has 4 fully saturated rings. The predicted molar refractivity (Wildman–Crippen MR) is 383 cm³/mol. The van der Waals surface area contributed by atoms with Gasteiger partial charge in [-0.2, -0.15) is 0 Å². The van der Waals surface area contributed by atoms with Gasteiger partial charge in [0.05, 0.1) is 11.9 Å². The molecule has 9 aliphatic carbocycles. The minimum Gasteiger partial charge on any atom is -0.453 e. The summed E-state index contributed by atoms with van der Waals surface area (Å²) in [5.74, 6) is 2.83. The van der Waals surface area contributed by atoms with Crippen molar-refractivity contribution in [2.45, 2.75) is 256 Å². The van der Waals surface area contributed by atoms with Gasteiger partial charge in [-0.05, 0) is 281 Å². The van der Waals surface area contributed by atoms with Gasteiger partial charge in [0.15, 0.2) is 11.6 Å². The van der Waals surface area contributed by atoms with Crippen LogP contribution in [0.1, 0.15) is 268 Å². The standard InChI is InChI=1S/C26H34O5S.C16H23N.C16H21N.C15H19NO.C9H11N/c1-17(18-7-4-5-8-18)22-12-11-19-9-6-10-23(19)24(22)14-21(27)16-32(29,30)25-13-20(15-31-25)26(2,3)28;2*1-11(12-5-2-3-6-12)14-10-9-13-7-4-8-15(13)16(14)17;16-14-12-7-3-6-10(12)8-9-13(14)15(17)11-4-1-2-5-11;10-9-6-2-4-7-3-1-5-8(7)9/h11-13,15,17-18,28H,4-10,14,16H2,1-3H3;9-12H,2-8,17H2,1H3;9-10,12H,1-8,17H2;8-9,11H,1-7,16H2;2,4,6H,1,3,5,10H2/t17-;11-;;;/m11.../s1. The van der Waals surface area contributed by atoms with E-state index >= 15 is 0 Å². The maximum absolute atomic E-state index is 13.0. The Labute approximate surface area is 556 Å². The number of furan rings is 1. The number of aryl methyl sites for hydroxylation is 5. The second-order valence-corrected chi connectivity index (χ2v) is 31.7. The molecule has 9 N–H and O–H groups in total. The van der Waals surface area contributed by atoms with Gasteiger partial charge < -0.3 is 32.5 Å². The van der Waals surface area contributed by atoms with E-state index in [1.165, 1.54) is 238 Å². The van der Waals surface area contributed by atoms with Crippen LogP contribution in [0.5, 0.6) is 0 Å². The number of aliphatic hydroxyl groups is 1. The third kappa shape index (κ3) is 15.6. The number of ketones is 2. The largest absolute Gasteiger partial charge is 0.453 e. The average Bonchev–Trinajstić information content (AvgIpc) is 1.80. The Morgan fingerprint density at radius 1 is 0.527 bits per heavy atom. The number of nitrogen functional groups attached to an aromatic ring is 4. The van der Waals surface area contributed by atoms with Crippen LogP contribution in [0.15, 0.2) is 95.1 Å². The monoisotopic (exact) mass is 1280 g/mol. The van der Waals surface area contributed by atoms with Crippen molar-refractivity contribution in [3.05, 3.63) is 175 Å². The predicted octanol–water partition coefficient (Wildman–Crippen LogP) is 17.8. The number of rotatable bonds is 14. The van der Waals surface area contributed by atoms with Gasteiger partial charge in [-0.15, -0.1) is 0 Å². The summed E-state index contributed by atoms with van der Waals surface area (Å²) in [5, 5.41) is 9.82. The first kappa shape index (κ1) is 68.0. The molecule has 0 unspecified atom stereocenters. The molecule has 0 bridgehead atoms. The quantitative estimate of drug-likeness (QED) is 0.0515. The highest BCUT2D eigenvalue weighted by Gasteiger charge is 2.33. The summed E-state index contributed by atoms with van der Waals surface area (Å²) in [6.07, 6.45) is 39.3. The summed E-state index contributed by atoms with van der Waals surface area (Å²) in [4.78, 5) is 25.4. The lowest BCUT2D eigenvalue weighted by atomic mass is 9.81. The zero-order chi connectivity index (χ0) is 65.6. The highest BCUT2D eigenvalue weighted by molar-refractivity contribution is 7.92. The summed E-state index contributed by atoms with van der Waals surface area (Å²) in [6, 6.07) is 25.1. The fraction of sp³-hybridized carbons (Fsp3) is 0.537. The number of hydrogen-bond donors (Lipinski definition) is 5. The number of sulfone groups is 1. The van der Waals surface area contributed by atoms with Crippen molar-refractivity contribution in [1.82, 2.24) is 0 Å². The minimum absolute atomic E-state index is 0.147. The van der Waals surface area contributed by atoms with Crippen molar-refractivity contribution >= 4 is 49.7 Å². The number of carbonyl (C=O) groups excluding carboxylic acids is 2. The molecule has 15 rings (SSSR count). The summed E-state index contributed by atoms with van der Waals surface area (Å²) < 4.78 is 30.9. The number of carbonyl (C=O) groups is 2. The molecular formula is C82H108N4O6S. The number of hydrogen-bond acceptors (Lipinski definition) is 10. The first-order valence-electron chi connectivity index (χ1n) is 36.2. The first-order chi connectivity index (χ1) is 44.7. The molecule has 0 spiro atoms. The van der Waals surface area contributed by atoms with Crippen molar-refractivity contribution < 1.29 is 27.5 Å². The molecule has 0 saturated heterocycles. The Kier molecular flexibility index (Phi) is 22.0. The number of anilines is 4. The summed E-state index contributed by atoms with van der Waals surface area (Å²) in [6.45, 7) is 12.1. The zero-order valence-electron chi connectivity index (χ0n) is 56.7. The van der Waals surface area contributed by atoms with Gasteiger partial charge in [0, 0.05) is 57.8 Å². The molecule has 6 aromatic rings. The lowest BCUT2D eigenvalue weighted by Gasteiger charge is -2.24. The van der Waals surface area contributed by atoms with E-state index in [9.17, 15) is 23.1 Å². The lowest BCUT2D eigenvalue weighted by molar-refractivity contribution is -0.116. The number of nitrogens with two attached hydrogens (primary N) is 4. The maximum atomic E-state index is 13.0. The Morgan fingerprint density at radius 3 is 1.48 bits per heavy atom. The molecule has 5 aromatic carbocycles. The van der Waals surface area contributed by atoms with Crippen LogP contribution in [0.25, 0.3) is 5.57 Å². The zero-order valence-corrected chi connectivity index (χ0v) is 57.5. The first-order valence-corrected chi connectivity index (χ1v) is 37.9. The topological polar surface area (TPSA) is 206 Å². The minimum atomic E-state index is -3.91. The molecule has 1 heterocycles. The molecule has 1 aromatic heterocycles. The van der Waals surface area contributed by atoms with Crippen molar-refractivity contribution in [2.75, 3.05) is 28.7 Å². The van der Waals surface area contributed by atoms with E-state index in [1.807, 2.05) is 18.2 Å². The van der Waals surface area contributed by atoms with Crippen LogP contribution < -0.4 is 22.9 Å². The van der Waals surface area contributed by atoms with Crippen molar-refractivity contribution in [1.29, 1.82) is 0 Å². The van der Waals surface area contributed by atoms with E-state index < -0.39 is 21.2 Å². The van der Waals surface area contributed by atoms with Crippen LogP contribution in [-0.2, 0) is 90.9 Å². The summed E-state index contributed by atoms with van der Waals surface area (Å²) in [7, 11) is -3.91. The molecule has 0 radical (unpaired) electrons. The van der Waals surface area contributed by atoms with Crippen LogP contribution >= 0.6 is 0 Å². The highest BCUT2D eigenvalue weighted by Crippen LogP contribution is 2.45. The number of benzene rings is 5. The summed E-state index contributed by atoms with van der Waals surface area (Å²) in [5.41, 5.74) is 48.7. The van der Waals surface area contributed by atoms with E-state index in [0.717, 1.165) is 91.2 Å². The van der Waals surface area contributed by atoms with Crippen LogP contribution in [-0.4, -0.2) is 30.8 Å². The Balaban J connectivity index is 0.000000125. The summed E-state index contributed by atoms with van der Waals surface area (Å²) >= 11 is 0. The van der Waals surface area contributed by atoms with Gasteiger partial charge in [0.2, 0.25) is 14.9 Å². The highest BCUT2D eigenvalue weighted by atomic mass is 32.2. The van der Waals surface area contributed by atoms with E-state index in [2.05, 4.69) is 69.0 Å². The van der Waals surface area contributed by atoms with Crippen molar-refractivity contribution in [2.24, 2.45) is 23.7 Å². The van der Waals surface area contributed by atoms with E-state index in [0.29, 0.717) is 29.2 Å². The second kappa shape index (κ2) is 30.1. The van der Waals surface area contributed by atoms with Gasteiger partial charge in [0.25, 0.3) is 0 Å². The molecule has 2 atom stereocenters. The van der Waals surface area contributed by atoms with Crippen molar-refractivity contribution in [3.8, 4) is 0 Å². The second-order valence-electron chi connectivity index (χ2n) is 29.8. The van der Waals surface area contributed by atoms with E-state index in [1.54, 1.807) is 13.8 Å². The number of Topliss-reactive ketones (excluding diaryl/α,β-unsaturated/α-hetero) is 2. The van der Waals surface area contributed by atoms with Gasteiger partial charge in [-0.25, -0.2) is 8.42 Å². The lowest BCUT2D eigenvalue weighted by Crippen LogP contribution is -2.20. The van der Waals surface area contributed by atoms with Crippen LogP contribution in [0.2, 0.25) is 0 Å². The molecule has 10 nitrogen and oxygen atoms in total. The smallest absolute Gasteiger partial charge is 0.218 e.